The summed E-state index contributed by atoms with van der Waals surface area (Å²) in [5, 5.41) is 3.67. The van der Waals surface area contributed by atoms with Crippen molar-refractivity contribution in [1.82, 2.24) is 14.7 Å². The van der Waals surface area contributed by atoms with Gasteiger partial charge in [0.25, 0.3) is 0 Å². The van der Waals surface area contributed by atoms with E-state index in [-0.39, 0.29) is 23.4 Å². The summed E-state index contributed by atoms with van der Waals surface area (Å²) in [6.07, 6.45) is 5.09. The summed E-state index contributed by atoms with van der Waals surface area (Å²) in [5.41, 5.74) is 9.05. The van der Waals surface area contributed by atoms with Crippen molar-refractivity contribution in [3.8, 4) is 0 Å². The second kappa shape index (κ2) is 7.00. The molecule has 6 nitrogen and oxygen atoms in total. The molecule has 2 aliphatic rings. The molecular weight excluding hydrogens is 364 g/mol. The minimum atomic E-state index is -2.75. The monoisotopic (exact) mass is 387 g/mol. The number of rotatable bonds is 4. The Hall–Kier alpha value is -2.77. The van der Waals surface area contributed by atoms with Gasteiger partial charge in [-0.2, -0.15) is 13.9 Å². The number of aromatic nitrogens is 2. The highest BCUT2D eigenvalue weighted by molar-refractivity contribution is 5.95. The van der Waals surface area contributed by atoms with E-state index in [1.54, 1.807) is 0 Å². The smallest absolute Gasteiger partial charge is 0.333 e. The number of guanidine groups is 1. The maximum absolute atomic E-state index is 12.7. The van der Waals surface area contributed by atoms with Crippen LogP contribution in [-0.2, 0) is 18.4 Å². The number of benzene rings is 1. The first-order valence-electron chi connectivity index (χ1n) is 9.43. The molecule has 0 saturated carbocycles. The van der Waals surface area contributed by atoms with Crippen molar-refractivity contribution in [2.24, 2.45) is 10.7 Å². The van der Waals surface area contributed by atoms with Crippen LogP contribution in [0.5, 0.6) is 0 Å². The molecule has 0 radical (unpaired) electrons. The average molecular weight is 387 g/mol. The van der Waals surface area contributed by atoms with Gasteiger partial charge in [0, 0.05) is 26.2 Å². The van der Waals surface area contributed by atoms with Gasteiger partial charge in [-0.15, -0.1) is 0 Å². The molecule has 0 amide bonds. The number of fused-ring (bicyclic) bond motifs is 2. The highest BCUT2D eigenvalue weighted by Gasteiger charge is 2.39. The Labute approximate surface area is 162 Å². The van der Waals surface area contributed by atoms with E-state index in [1.165, 1.54) is 11.6 Å². The molecule has 2 aromatic rings. The Bertz CT molecular complexity index is 938. The van der Waals surface area contributed by atoms with Crippen LogP contribution in [0.25, 0.3) is 0 Å². The first-order chi connectivity index (χ1) is 13.4. The molecule has 0 saturated heterocycles. The Balaban J connectivity index is 1.62. The average Bonchev–Trinajstić information content (AvgIpc) is 3.17. The van der Waals surface area contributed by atoms with Crippen molar-refractivity contribution < 1.29 is 13.6 Å². The molecule has 148 valence electrons. The highest BCUT2D eigenvalue weighted by atomic mass is 19.3. The molecule has 0 bridgehead atoms. The van der Waals surface area contributed by atoms with Gasteiger partial charge < -0.3 is 10.6 Å². The lowest BCUT2D eigenvalue weighted by Crippen LogP contribution is -2.46. The number of hydrogen-bond acceptors (Lipinski definition) is 5. The fraction of sp³-hybridized carbons (Fsp3) is 0.450. The first kappa shape index (κ1) is 18.6. The third-order valence-corrected chi connectivity index (χ3v) is 5.75. The quantitative estimate of drug-likeness (QED) is 0.819. The van der Waals surface area contributed by atoms with Crippen molar-refractivity contribution >= 4 is 11.7 Å². The van der Waals surface area contributed by atoms with E-state index in [0.717, 1.165) is 49.6 Å². The zero-order chi connectivity index (χ0) is 19.9. The van der Waals surface area contributed by atoms with E-state index < -0.39 is 6.55 Å². The van der Waals surface area contributed by atoms with Crippen LogP contribution in [0.1, 0.15) is 53.0 Å². The lowest BCUT2D eigenvalue weighted by atomic mass is 9.73. The number of nitrogens with zero attached hydrogens (tertiary/aromatic N) is 4. The van der Waals surface area contributed by atoms with Crippen LogP contribution in [0.4, 0.5) is 8.78 Å². The number of hydrogen-bond donors (Lipinski definition) is 1. The first-order valence-corrected chi connectivity index (χ1v) is 9.43. The summed E-state index contributed by atoms with van der Waals surface area (Å²) >= 11 is 0. The SMILES string of the molecule is CN1CC[C@]2(CCCc3ccc(CC(=O)c4ccn(C(F)F)n4)cc32)N=C1N. The Morgan fingerprint density at radius 2 is 2.14 bits per heavy atom. The normalized spacial score (nSPS) is 21.7. The molecule has 0 fully saturated rings. The van der Waals surface area contributed by atoms with Crippen LogP contribution < -0.4 is 5.73 Å². The molecule has 8 heteroatoms. The van der Waals surface area contributed by atoms with Gasteiger partial charge in [-0.05, 0) is 48.4 Å². The molecule has 1 aromatic heterocycles. The molecule has 4 rings (SSSR count). The number of ketones is 1. The third-order valence-electron chi connectivity index (χ3n) is 5.75. The van der Waals surface area contributed by atoms with E-state index in [2.05, 4.69) is 11.2 Å². The number of nitrogens with two attached hydrogens (primary N) is 1. The topological polar surface area (TPSA) is 76.5 Å². The second-order valence-electron chi connectivity index (χ2n) is 7.58. The van der Waals surface area contributed by atoms with E-state index in [1.807, 2.05) is 24.1 Å². The maximum Gasteiger partial charge on any atom is 0.333 e. The molecule has 28 heavy (non-hydrogen) atoms. The van der Waals surface area contributed by atoms with Gasteiger partial charge in [-0.25, -0.2) is 9.67 Å². The number of carbonyl (C=O) groups is 1. The van der Waals surface area contributed by atoms with Crippen LogP contribution in [0.15, 0.2) is 35.5 Å². The summed E-state index contributed by atoms with van der Waals surface area (Å²) in [5.74, 6) is 0.258. The summed E-state index contributed by atoms with van der Waals surface area (Å²) < 4.78 is 25.9. The van der Waals surface area contributed by atoms with Crippen molar-refractivity contribution in [3.63, 3.8) is 0 Å². The molecule has 1 aromatic carbocycles. The van der Waals surface area contributed by atoms with Crippen molar-refractivity contribution in [3.05, 3.63) is 52.8 Å². The molecule has 1 atom stereocenters. The van der Waals surface area contributed by atoms with Gasteiger partial charge in [-0.1, -0.05) is 18.2 Å². The van der Waals surface area contributed by atoms with Gasteiger partial charge in [0.1, 0.15) is 5.69 Å². The number of carbonyl (C=O) groups excluding carboxylic acids is 1. The standard InChI is InChI=1S/C20H23F2N5O/c1-26-10-8-20(24-19(26)23)7-2-3-14-5-4-13(11-15(14)20)12-17(28)16-6-9-27(25-16)18(21)22/h4-6,9,11,18H,2-3,7-8,10,12H2,1H3,(H2,23,24)/t20-/m0/s1. The third kappa shape index (κ3) is 3.27. The van der Waals surface area contributed by atoms with E-state index in [4.69, 9.17) is 10.7 Å². The second-order valence-corrected chi connectivity index (χ2v) is 7.58. The summed E-state index contributed by atoms with van der Waals surface area (Å²) in [7, 11) is 1.93. The van der Waals surface area contributed by atoms with Crippen LogP contribution in [-0.4, -0.2) is 40.0 Å². The molecule has 1 aliphatic heterocycles. The molecule has 1 spiro atoms. The van der Waals surface area contributed by atoms with Crippen molar-refractivity contribution in [2.45, 2.75) is 44.2 Å². The van der Waals surface area contributed by atoms with Gasteiger partial charge in [-0.3, -0.25) is 4.79 Å². The molecular formula is C20H23F2N5O. The van der Waals surface area contributed by atoms with Crippen LogP contribution in [0.2, 0.25) is 0 Å². The van der Waals surface area contributed by atoms with Gasteiger partial charge >= 0.3 is 6.55 Å². The largest absolute Gasteiger partial charge is 0.370 e. The number of halogens is 2. The van der Waals surface area contributed by atoms with E-state index in [9.17, 15) is 13.6 Å². The van der Waals surface area contributed by atoms with Crippen molar-refractivity contribution in [1.29, 1.82) is 0 Å². The van der Waals surface area contributed by atoms with Gasteiger partial charge in [0.15, 0.2) is 11.7 Å². The zero-order valence-electron chi connectivity index (χ0n) is 15.7. The van der Waals surface area contributed by atoms with E-state index in [0.29, 0.717) is 10.6 Å². The highest BCUT2D eigenvalue weighted by Crippen LogP contribution is 2.43. The number of Topliss-reactive ketones (excluding diaryl/α,β-unsaturated/α-hetero) is 1. The number of aliphatic imine (C=N–C) groups is 1. The minimum absolute atomic E-state index is 0.0503. The summed E-state index contributed by atoms with van der Waals surface area (Å²) in [6.45, 7) is -1.92. The fourth-order valence-corrected chi connectivity index (χ4v) is 4.17. The van der Waals surface area contributed by atoms with Gasteiger partial charge in [0.2, 0.25) is 0 Å². The van der Waals surface area contributed by atoms with E-state index >= 15 is 0 Å². The predicted octanol–water partition coefficient (Wildman–Crippen LogP) is 2.89. The van der Waals surface area contributed by atoms with Gasteiger partial charge in [0.05, 0.1) is 5.54 Å². The Kier molecular flexibility index (Phi) is 4.64. The minimum Gasteiger partial charge on any atom is -0.370 e. The maximum atomic E-state index is 12.7. The molecule has 2 N–H and O–H groups in total. The molecule has 1 aliphatic carbocycles. The molecule has 2 heterocycles. The van der Waals surface area contributed by atoms with Crippen LogP contribution in [0.3, 0.4) is 0 Å². The number of alkyl halides is 2. The van der Waals surface area contributed by atoms with Crippen molar-refractivity contribution in [2.75, 3.05) is 13.6 Å². The zero-order valence-corrected chi connectivity index (χ0v) is 15.7. The summed E-state index contributed by atoms with van der Waals surface area (Å²) in [4.78, 5) is 19.3. The fourth-order valence-electron chi connectivity index (χ4n) is 4.17. The Morgan fingerprint density at radius 1 is 1.32 bits per heavy atom. The lowest BCUT2D eigenvalue weighted by Gasteiger charge is -2.41. The summed E-state index contributed by atoms with van der Waals surface area (Å²) in [6, 6.07) is 7.36. The lowest BCUT2D eigenvalue weighted by molar-refractivity contribution is 0.0560. The Morgan fingerprint density at radius 3 is 2.86 bits per heavy atom. The predicted molar refractivity (Wildman–Crippen MR) is 101 cm³/mol. The van der Waals surface area contributed by atoms with Crippen LogP contribution in [0, 0.1) is 0 Å². The number of aryl methyl sites for hydroxylation is 1. The van der Waals surface area contributed by atoms with Crippen LogP contribution >= 0.6 is 0 Å². The molecule has 0 unspecified atom stereocenters.